The van der Waals surface area contributed by atoms with Crippen LogP contribution < -0.4 is 4.90 Å². The van der Waals surface area contributed by atoms with Crippen molar-refractivity contribution in [2.75, 3.05) is 31.2 Å². The van der Waals surface area contributed by atoms with Crippen molar-refractivity contribution in [1.82, 2.24) is 0 Å². The fraction of sp³-hybridized carbons (Fsp3) is 0.364. The number of ether oxygens (including phenoxy) is 1. The highest BCUT2D eigenvalue weighted by atomic mass is 79.9. The number of nitrogens with zero attached hydrogens (tertiary/aromatic N) is 2. The minimum absolute atomic E-state index is 0.0738. The second-order valence-electron chi connectivity index (χ2n) is 3.47. The Morgan fingerprint density at radius 2 is 2.06 bits per heavy atom. The molecule has 5 heteroatoms. The van der Waals surface area contributed by atoms with Crippen LogP contribution in [0.3, 0.4) is 0 Å². The van der Waals surface area contributed by atoms with E-state index in [9.17, 15) is 4.39 Å². The Morgan fingerprint density at radius 1 is 1.38 bits per heavy atom. The first-order valence-corrected chi connectivity index (χ1v) is 5.74. The molecule has 0 spiro atoms. The summed E-state index contributed by atoms with van der Waals surface area (Å²) in [6.07, 6.45) is 0. The predicted molar refractivity (Wildman–Crippen MR) is 61.8 cm³/mol. The Bertz CT molecular complexity index is 438. The van der Waals surface area contributed by atoms with Gasteiger partial charge in [-0.3, -0.25) is 0 Å². The zero-order valence-corrected chi connectivity index (χ0v) is 10.1. The average molecular weight is 285 g/mol. The first-order chi connectivity index (χ1) is 7.74. The predicted octanol–water partition coefficient (Wildman–Crippen LogP) is 2.30. The standard InChI is InChI=1S/C11H10BrFN2O/c12-9-2-1-8(7-14)10(13)11(9)15-3-5-16-6-4-15/h1-2H,3-6H2. The van der Waals surface area contributed by atoms with Gasteiger partial charge >= 0.3 is 0 Å². The molecular weight excluding hydrogens is 275 g/mol. The molecule has 1 aliphatic heterocycles. The van der Waals surface area contributed by atoms with Gasteiger partial charge in [-0.2, -0.15) is 5.26 Å². The number of rotatable bonds is 1. The number of hydrogen-bond donors (Lipinski definition) is 0. The van der Waals surface area contributed by atoms with Gasteiger partial charge in [0.2, 0.25) is 0 Å². The van der Waals surface area contributed by atoms with E-state index in [1.165, 1.54) is 6.07 Å². The molecule has 1 saturated heterocycles. The molecule has 84 valence electrons. The van der Waals surface area contributed by atoms with Crippen LogP contribution in [0.15, 0.2) is 16.6 Å². The fourth-order valence-corrected chi connectivity index (χ4v) is 2.26. The minimum Gasteiger partial charge on any atom is -0.378 e. The largest absolute Gasteiger partial charge is 0.378 e. The van der Waals surface area contributed by atoms with Crippen molar-refractivity contribution in [3.63, 3.8) is 0 Å². The molecule has 1 heterocycles. The second kappa shape index (κ2) is 4.81. The molecule has 3 nitrogen and oxygen atoms in total. The zero-order valence-electron chi connectivity index (χ0n) is 8.54. The lowest BCUT2D eigenvalue weighted by atomic mass is 10.2. The summed E-state index contributed by atoms with van der Waals surface area (Å²) in [5.74, 6) is -0.459. The molecule has 1 aliphatic rings. The summed E-state index contributed by atoms with van der Waals surface area (Å²) in [6, 6.07) is 5.02. The van der Waals surface area contributed by atoms with Gasteiger partial charge in [0.15, 0.2) is 5.82 Å². The van der Waals surface area contributed by atoms with Crippen LogP contribution in [0.2, 0.25) is 0 Å². The molecule has 0 bridgehead atoms. The molecule has 0 radical (unpaired) electrons. The maximum absolute atomic E-state index is 14.0. The van der Waals surface area contributed by atoms with Crippen LogP contribution >= 0.6 is 15.9 Å². The summed E-state index contributed by atoms with van der Waals surface area (Å²) in [5.41, 5.74) is 0.534. The summed E-state index contributed by atoms with van der Waals surface area (Å²) >= 11 is 3.31. The maximum atomic E-state index is 14.0. The van der Waals surface area contributed by atoms with E-state index in [1.807, 2.05) is 11.0 Å². The van der Waals surface area contributed by atoms with Crippen LogP contribution in [-0.4, -0.2) is 26.3 Å². The second-order valence-corrected chi connectivity index (χ2v) is 4.32. The van der Waals surface area contributed by atoms with Crippen molar-refractivity contribution in [3.8, 4) is 6.07 Å². The first-order valence-electron chi connectivity index (χ1n) is 4.95. The lowest BCUT2D eigenvalue weighted by Gasteiger charge is -2.30. The molecule has 0 aliphatic carbocycles. The van der Waals surface area contributed by atoms with Crippen molar-refractivity contribution in [2.45, 2.75) is 0 Å². The molecule has 0 N–H and O–H groups in total. The molecule has 2 rings (SSSR count). The molecule has 1 aromatic carbocycles. The number of hydrogen-bond acceptors (Lipinski definition) is 3. The number of nitriles is 1. The highest BCUT2D eigenvalue weighted by Crippen LogP contribution is 2.31. The molecule has 0 amide bonds. The number of halogens is 2. The fourth-order valence-electron chi connectivity index (χ4n) is 1.70. The maximum Gasteiger partial charge on any atom is 0.165 e. The lowest BCUT2D eigenvalue weighted by Crippen LogP contribution is -2.37. The van der Waals surface area contributed by atoms with E-state index in [0.29, 0.717) is 36.5 Å². The highest BCUT2D eigenvalue weighted by Gasteiger charge is 2.20. The Morgan fingerprint density at radius 3 is 2.69 bits per heavy atom. The van der Waals surface area contributed by atoms with E-state index < -0.39 is 5.82 Å². The molecular formula is C11H10BrFN2O. The Labute approximate surface area is 102 Å². The van der Waals surface area contributed by atoms with E-state index in [4.69, 9.17) is 10.00 Å². The van der Waals surface area contributed by atoms with Gasteiger partial charge in [-0.15, -0.1) is 0 Å². The summed E-state index contributed by atoms with van der Waals surface area (Å²) in [5, 5.41) is 8.78. The van der Waals surface area contributed by atoms with E-state index in [-0.39, 0.29) is 5.56 Å². The van der Waals surface area contributed by atoms with Gasteiger partial charge in [0, 0.05) is 17.6 Å². The van der Waals surface area contributed by atoms with Crippen molar-refractivity contribution in [3.05, 3.63) is 28.0 Å². The Balaban J connectivity index is 2.42. The zero-order chi connectivity index (χ0) is 11.5. The van der Waals surface area contributed by atoms with Gasteiger partial charge < -0.3 is 9.64 Å². The quantitative estimate of drug-likeness (QED) is 0.794. The summed E-state index contributed by atoms with van der Waals surface area (Å²) in [4.78, 5) is 1.89. The van der Waals surface area contributed by atoms with Crippen LogP contribution in [-0.2, 0) is 4.74 Å². The van der Waals surface area contributed by atoms with E-state index >= 15 is 0 Å². The van der Waals surface area contributed by atoms with E-state index in [1.54, 1.807) is 6.07 Å². The van der Waals surface area contributed by atoms with Crippen LogP contribution in [0, 0.1) is 17.1 Å². The Hall–Kier alpha value is -1.12. The molecule has 16 heavy (non-hydrogen) atoms. The van der Waals surface area contributed by atoms with Gasteiger partial charge in [0.25, 0.3) is 0 Å². The average Bonchev–Trinajstić information content (AvgIpc) is 2.31. The molecule has 0 unspecified atom stereocenters. The normalized spacial score (nSPS) is 15.9. The molecule has 0 atom stereocenters. The van der Waals surface area contributed by atoms with Crippen LogP contribution in [0.5, 0.6) is 0 Å². The van der Waals surface area contributed by atoms with Gasteiger partial charge in [-0.25, -0.2) is 4.39 Å². The van der Waals surface area contributed by atoms with Crippen molar-refractivity contribution in [2.24, 2.45) is 0 Å². The molecule has 0 aromatic heterocycles. The highest BCUT2D eigenvalue weighted by molar-refractivity contribution is 9.10. The molecule has 1 aromatic rings. The Kier molecular flexibility index (Phi) is 3.42. The third-order valence-corrected chi connectivity index (χ3v) is 3.15. The third-order valence-electron chi connectivity index (χ3n) is 2.51. The van der Waals surface area contributed by atoms with Gasteiger partial charge in [0.05, 0.1) is 24.5 Å². The first kappa shape index (κ1) is 11.4. The van der Waals surface area contributed by atoms with Crippen LogP contribution in [0.25, 0.3) is 0 Å². The summed E-state index contributed by atoms with van der Waals surface area (Å²) in [7, 11) is 0. The van der Waals surface area contributed by atoms with Crippen molar-refractivity contribution < 1.29 is 9.13 Å². The summed E-state index contributed by atoms with van der Waals surface area (Å²) < 4.78 is 19.9. The van der Waals surface area contributed by atoms with Gasteiger partial charge in [-0.05, 0) is 28.1 Å². The number of benzene rings is 1. The van der Waals surface area contributed by atoms with E-state index in [2.05, 4.69) is 15.9 Å². The van der Waals surface area contributed by atoms with Gasteiger partial charge in [0.1, 0.15) is 6.07 Å². The monoisotopic (exact) mass is 284 g/mol. The topological polar surface area (TPSA) is 36.3 Å². The van der Waals surface area contributed by atoms with E-state index in [0.717, 1.165) is 0 Å². The SMILES string of the molecule is N#Cc1ccc(Br)c(N2CCOCC2)c1F. The molecule has 1 fully saturated rings. The van der Waals surface area contributed by atoms with Gasteiger partial charge in [-0.1, -0.05) is 0 Å². The lowest BCUT2D eigenvalue weighted by molar-refractivity contribution is 0.122. The molecule has 0 saturated carbocycles. The third kappa shape index (κ3) is 2.04. The van der Waals surface area contributed by atoms with Crippen molar-refractivity contribution >= 4 is 21.6 Å². The smallest absolute Gasteiger partial charge is 0.165 e. The number of morpholine rings is 1. The summed E-state index contributed by atoms with van der Waals surface area (Å²) in [6.45, 7) is 2.46. The van der Waals surface area contributed by atoms with Crippen LogP contribution in [0.1, 0.15) is 5.56 Å². The minimum atomic E-state index is -0.459. The van der Waals surface area contributed by atoms with Crippen LogP contribution in [0.4, 0.5) is 10.1 Å². The van der Waals surface area contributed by atoms with Crippen molar-refractivity contribution in [1.29, 1.82) is 5.26 Å². The number of anilines is 1.